The van der Waals surface area contributed by atoms with Crippen LogP contribution in [0.25, 0.3) is 21.9 Å². The molecule has 0 radical (unpaired) electrons. The lowest BCUT2D eigenvalue weighted by Gasteiger charge is -2.14. The average molecular weight is 504 g/mol. The van der Waals surface area contributed by atoms with Gasteiger partial charge in [-0.05, 0) is 36.8 Å². The number of primary amides is 1. The first kappa shape index (κ1) is 23.7. The second kappa shape index (κ2) is 9.90. The van der Waals surface area contributed by atoms with Gasteiger partial charge in [-0.2, -0.15) is 9.50 Å². The highest BCUT2D eigenvalue weighted by molar-refractivity contribution is 7.15. The Morgan fingerprint density at radius 2 is 1.83 bits per heavy atom. The van der Waals surface area contributed by atoms with Gasteiger partial charge in [-0.1, -0.05) is 55.7 Å². The van der Waals surface area contributed by atoms with E-state index in [0.29, 0.717) is 28.6 Å². The molecule has 0 unspecified atom stereocenters. The molecule has 184 valence electrons. The number of hydrogen-bond donors (Lipinski definition) is 1. The first-order chi connectivity index (χ1) is 17.5. The zero-order chi connectivity index (χ0) is 25.2. The number of carbonyl (C=O) groups is 2. The minimum Gasteiger partial charge on any atom is -0.494 e. The molecule has 10 heteroatoms. The van der Waals surface area contributed by atoms with Crippen LogP contribution < -0.4 is 25.5 Å². The molecule has 1 aliphatic rings. The van der Waals surface area contributed by atoms with Crippen LogP contribution in [0.2, 0.25) is 0 Å². The summed E-state index contributed by atoms with van der Waals surface area (Å²) in [6.07, 6.45) is 4.58. The smallest absolute Gasteiger partial charge is 0.291 e. The van der Waals surface area contributed by atoms with Crippen LogP contribution in [0.1, 0.15) is 38.2 Å². The van der Waals surface area contributed by atoms with Crippen LogP contribution in [0.4, 0.5) is 5.69 Å². The number of amides is 2. The van der Waals surface area contributed by atoms with Crippen molar-refractivity contribution in [1.82, 2.24) is 14.6 Å². The Morgan fingerprint density at radius 3 is 2.56 bits per heavy atom. The number of hydrogen-bond acceptors (Lipinski definition) is 7. The summed E-state index contributed by atoms with van der Waals surface area (Å²) in [5, 5.41) is 4.40. The Kier molecular flexibility index (Phi) is 6.51. The quantitative estimate of drug-likeness (QED) is 0.351. The molecule has 2 aromatic carbocycles. The van der Waals surface area contributed by atoms with E-state index in [1.54, 1.807) is 24.3 Å². The minimum absolute atomic E-state index is 0.229. The zero-order valence-corrected chi connectivity index (χ0v) is 20.6. The molecule has 0 aliphatic carbocycles. The maximum atomic E-state index is 13.3. The summed E-state index contributed by atoms with van der Waals surface area (Å²) in [6.45, 7) is 2.59. The number of carbonyl (C=O) groups excluding carboxylic acids is 2. The topological polar surface area (TPSA) is 120 Å². The zero-order valence-electron chi connectivity index (χ0n) is 19.8. The maximum Gasteiger partial charge on any atom is 0.291 e. The van der Waals surface area contributed by atoms with Gasteiger partial charge in [0, 0.05) is 11.1 Å². The molecule has 2 N–H and O–H groups in total. The molecule has 36 heavy (non-hydrogen) atoms. The van der Waals surface area contributed by atoms with Gasteiger partial charge in [0.25, 0.3) is 11.5 Å². The Labute approximate surface area is 210 Å². The monoisotopic (exact) mass is 503 g/mol. The van der Waals surface area contributed by atoms with Crippen molar-refractivity contribution in [3.63, 3.8) is 0 Å². The van der Waals surface area contributed by atoms with Gasteiger partial charge in [0.05, 0.1) is 17.9 Å². The molecule has 2 aromatic heterocycles. The van der Waals surface area contributed by atoms with Crippen molar-refractivity contribution >= 4 is 39.4 Å². The minimum atomic E-state index is -0.637. The van der Waals surface area contributed by atoms with Crippen molar-refractivity contribution in [3.05, 3.63) is 69.0 Å². The Hall–Kier alpha value is -4.05. The van der Waals surface area contributed by atoms with Gasteiger partial charge in [0.2, 0.25) is 10.9 Å². The van der Waals surface area contributed by atoms with E-state index in [1.807, 2.05) is 24.3 Å². The number of nitrogens with zero attached hydrogens (tertiary/aromatic N) is 4. The molecule has 5 rings (SSSR count). The second-order valence-corrected chi connectivity index (χ2v) is 9.53. The average Bonchev–Trinajstić information content (AvgIpc) is 3.50. The highest BCUT2D eigenvalue weighted by atomic mass is 32.1. The van der Waals surface area contributed by atoms with Gasteiger partial charge >= 0.3 is 0 Å². The third-order valence-electron chi connectivity index (χ3n) is 6.00. The largest absolute Gasteiger partial charge is 0.494 e. The molecule has 0 fully saturated rings. The highest BCUT2D eigenvalue weighted by Gasteiger charge is 2.35. The summed E-state index contributed by atoms with van der Waals surface area (Å²) in [7, 11) is 0. The lowest BCUT2D eigenvalue weighted by atomic mass is 10.1. The predicted molar refractivity (Wildman–Crippen MR) is 138 cm³/mol. The number of anilines is 1. The molecule has 0 atom stereocenters. The molecule has 0 saturated heterocycles. The second-order valence-electron chi connectivity index (χ2n) is 8.55. The lowest BCUT2D eigenvalue weighted by Crippen LogP contribution is -2.37. The fourth-order valence-corrected chi connectivity index (χ4v) is 5.24. The van der Waals surface area contributed by atoms with Crippen molar-refractivity contribution in [2.45, 2.75) is 32.6 Å². The van der Waals surface area contributed by atoms with Gasteiger partial charge in [-0.25, -0.2) is 0 Å². The highest BCUT2D eigenvalue weighted by Crippen LogP contribution is 2.35. The van der Waals surface area contributed by atoms with Crippen LogP contribution >= 0.6 is 11.3 Å². The Balaban J connectivity index is 1.45. The Bertz CT molecular complexity index is 1560. The van der Waals surface area contributed by atoms with Crippen molar-refractivity contribution < 1.29 is 14.3 Å². The Morgan fingerprint density at radius 1 is 1.06 bits per heavy atom. The van der Waals surface area contributed by atoms with E-state index in [-0.39, 0.29) is 16.7 Å². The van der Waals surface area contributed by atoms with Crippen molar-refractivity contribution in [3.8, 4) is 17.1 Å². The predicted octanol–water partition coefficient (Wildman–Crippen LogP) is 2.53. The van der Waals surface area contributed by atoms with Gasteiger partial charge in [0.15, 0.2) is 5.82 Å². The number of thiazole rings is 1. The molecule has 0 bridgehead atoms. The number of benzene rings is 2. The summed E-state index contributed by atoms with van der Waals surface area (Å²) >= 11 is 1.10. The third kappa shape index (κ3) is 4.35. The van der Waals surface area contributed by atoms with E-state index in [2.05, 4.69) is 17.0 Å². The summed E-state index contributed by atoms with van der Waals surface area (Å²) in [6, 6.07) is 14.5. The van der Waals surface area contributed by atoms with Crippen molar-refractivity contribution in [1.29, 1.82) is 0 Å². The van der Waals surface area contributed by atoms with Crippen LogP contribution in [0, 0.1) is 0 Å². The summed E-state index contributed by atoms with van der Waals surface area (Å²) in [5.74, 6) is 0.111. The summed E-state index contributed by atoms with van der Waals surface area (Å²) in [5.41, 5.74) is 7.02. The summed E-state index contributed by atoms with van der Waals surface area (Å²) < 4.78 is 7.23. The van der Waals surface area contributed by atoms with E-state index in [1.165, 1.54) is 22.3 Å². The van der Waals surface area contributed by atoms with Crippen molar-refractivity contribution in [2.24, 2.45) is 5.73 Å². The van der Waals surface area contributed by atoms with E-state index < -0.39 is 17.4 Å². The van der Waals surface area contributed by atoms with Crippen LogP contribution in [-0.4, -0.2) is 39.6 Å². The standard InChI is InChI=1S/C26H25N5O4S/c1-2-3-4-7-14-35-17-12-10-16(11-13-17)23-28-26-31(29-23)25(34)22(36-26)21-18-8-5-6-9-19(18)30(24(21)33)15-20(27)32/h5-6,8-13H,2-4,7,14-15H2,1H3,(H2,27,32). The maximum absolute atomic E-state index is 13.3. The number of ether oxygens (including phenoxy) is 1. The number of rotatable bonds is 9. The molecule has 0 saturated carbocycles. The van der Waals surface area contributed by atoms with E-state index in [4.69, 9.17) is 10.5 Å². The molecule has 2 amide bonds. The van der Waals surface area contributed by atoms with Crippen LogP contribution in [-0.2, 0) is 9.59 Å². The van der Waals surface area contributed by atoms with Crippen LogP contribution in [0.5, 0.6) is 5.75 Å². The van der Waals surface area contributed by atoms with Gasteiger partial charge in [-0.15, -0.1) is 5.10 Å². The number of para-hydroxylation sites is 1. The molecule has 3 heterocycles. The fraction of sp³-hybridized carbons (Fsp3) is 0.269. The van der Waals surface area contributed by atoms with Gasteiger partial charge < -0.3 is 10.5 Å². The van der Waals surface area contributed by atoms with Gasteiger partial charge in [0.1, 0.15) is 16.8 Å². The van der Waals surface area contributed by atoms with Crippen LogP contribution in [0.15, 0.2) is 53.3 Å². The first-order valence-corrected chi connectivity index (χ1v) is 12.7. The first-order valence-electron chi connectivity index (χ1n) is 11.8. The molecular weight excluding hydrogens is 478 g/mol. The molecule has 1 aliphatic heterocycles. The van der Waals surface area contributed by atoms with Crippen molar-refractivity contribution in [2.75, 3.05) is 18.1 Å². The third-order valence-corrected chi connectivity index (χ3v) is 7.03. The number of aromatic nitrogens is 3. The van der Waals surface area contributed by atoms with Crippen LogP contribution in [0.3, 0.4) is 0 Å². The lowest BCUT2D eigenvalue weighted by molar-refractivity contribution is -0.119. The van der Waals surface area contributed by atoms with E-state index in [9.17, 15) is 14.4 Å². The van der Waals surface area contributed by atoms with Gasteiger partial charge in [-0.3, -0.25) is 19.3 Å². The number of fused-ring (bicyclic) bond motifs is 2. The molecule has 0 spiro atoms. The molecule has 9 nitrogen and oxygen atoms in total. The summed E-state index contributed by atoms with van der Waals surface area (Å²) in [4.78, 5) is 44.2. The number of unbranched alkanes of at least 4 members (excludes halogenated alkanes) is 3. The normalized spacial score (nSPS) is 14.5. The van der Waals surface area contributed by atoms with E-state index >= 15 is 0 Å². The fourth-order valence-electron chi connectivity index (χ4n) is 4.24. The number of nitrogens with two attached hydrogens (primary N) is 1. The molecule has 4 aromatic rings. The van der Waals surface area contributed by atoms with E-state index in [0.717, 1.165) is 35.5 Å². The SMILES string of the molecule is CCCCCCOc1ccc(-c2nc3sc(=C4C(=O)N(CC(N)=O)c5ccccc54)c(=O)n3n2)cc1. The molecular formula is C26H25N5O4S.